The monoisotopic (exact) mass is 620 g/mol. The zero-order valence-electron chi connectivity index (χ0n) is 23.7. The molecule has 3 aromatic carbocycles. The average molecular weight is 622 g/mol. The topological polar surface area (TPSA) is 110 Å². The molecule has 0 saturated heterocycles. The number of hydrogen-bond acceptors (Lipinski definition) is 7. The highest BCUT2D eigenvalue weighted by atomic mass is 35.5. The quantitative estimate of drug-likeness (QED) is 0.161. The Hall–Kier alpha value is -3.26. The molecule has 2 N–H and O–H groups in total. The average Bonchev–Trinajstić information content (AvgIpc) is 2.86. The van der Waals surface area contributed by atoms with E-state index in [1.54, 1.807) is 0 Å². The molecule has 7 nitrogen and oxygen atoms in total. The minimum atomic E-state index is -1.19. The van der Waals surface area contributed by atoms with Crippen LogP contribution in [0.1, 0.15) is 108 Å². The number of phenolic OH excluding ortho intramolecular Hbond substituents is 2. The van der Waals surface area contributed by atoms with Crippen molar-refractivity contribution in [3.8, 4) is 17.2 Å². The first kappa shape index (κ1) is 32.3. The van der Waals surface area contributed by atoms with Crippen LogP contribution in [-0.4, -0.2) is 28.1 Å². The minimum Gasteiger partial charge on any atom is -0.505 e. The Morgan fingerprint density at radius 2 is 1.10 bits per heavy atom. The summed E-state index contributed by atoms with van der Waals surface area (Å²) in [6, 6.07) is 8.79. The number of rotatable bonds is 6. The number of aromatic hydroxyl groups is 2. The molecule has 0 saturated carbocycles. The molecule has 0 spiro atoms. The van der Waals surface area contributed by atoms with Crippen LogP contribution in [0, 0.1) is 0 Å². The minimum absolute atomic E-state index is 0.0232. The maximum absolute atomic E-state index is 13.4. The second-order valence-electron chi connectivity index (χ2n) is 11.3. The van der Waals surface area contributed by atoms with Gasteiger partial charge in [-0.25, -0.2) is 14.4 Å². The summed E-state index contributed by atoms with van der Waals surface area (Å²) in [6.45, 7) is 13.1. The van der Waals surface area contributed by atoms with E-state index in [1.165, 1.54) is 36.4 Å². The Morgan fingerprint density at radius 1 is 0.659 bits per heavy atom. The van der Waals surface area contributed by atoms with E-state index in [0.29, 0.717) is 16.7 Å². The fourth-order valence-corrected chi connectivity index (χ4v) is 4.56. The molecule has 41 heavy (non-hydrogen) atoms. The van der Waals surface area contributed by atoms with Gasteiger partial charge in [0.25, 0.3) is 0 Å². The van der Waals surface area contributed by atoms with Crippen LogP contribution in [0.2, 0.25) is 15.1 Å². The van der Waals surface area contributed by atoms with E-state index in [-0.39, 0.29) is 49.3 Å². The van der Waals surface area contributed by atoms with Crippen molar-refractivity contribution in [3.05, 3.63) is 84.8 Å². The van der Waals surface area contributed by atoms with Gasteiger partial charge < -0.3 is 19.7 Å². The number of phenols is 2. The third-order valence-corrected chi connectivity index (χ3v) is 7.31. The molecule has 3 aromatic rings. The SMILES string of the molecule is CC(C)c1cc(Cl)c(O)c(C(=O)OC(=O)c2cc(C(C)(C)C)cc(Cl)c2OC(=O)c2cc(C(C)C)cc(Cl)c2O)c1. The van der Waals surface area contributed by atoms with Gasteiger partial charge in [-0.1, -0.05) is 83.3 Å². The van der Waals surface area contributed by atoms with Crippen LogP contribution in [0.5, 0.6) is 17.2 Å². The molecule has 0 heterocycles. The lowest BCUT2D eigenvalue weighted by Crippen LogP contribution is -2.19. The number of carbonyl (C=O) groups excluding carboxylic acids is 3. The molecule has 3 rings (SSSR count). The Balaban J connectivity index is 2.08. The fraction of sp³-hybridized carbons (Fsp3) is 0.323. The largest absolute Gasteiger partial charge is 0.505 e. The second kappa shape index (κ2) is 12.3. The molecule has 0 bridgehead atoms. The van der Waals surface area contributed by atoms with Crippen LogP contribution >= 0.6 is 34.8 Å². The number of benzene rings is 3. The van der Waals surface area contributed by atoms with Crippen molar-refractivity contribution in [2.45, 2.75) is 65.7 Å². The van der Waals surface area contributed by atoms with Gasteiger partial charge in [-0.15, -0.1) is 0 Å². The van der Waals surface area contributed by atoms with Gasteiger partial charge in [-0.05, 0) is 70.3 Å². The zero-order chi connectivity index (χ0) is 31.0. The zero-order valence-corrected chi connectivity index (χ0v) is 26.0. The van der Waals surface area contributed by atoms with Crippen molar-refractivity contribution < 1.29 is 34.1 Å². The van der Waals surface area contributed by atoms with E-state index in [9.17, 15) is 24.6 Å². The van der Waals surface area contributed by atoms with Gasteiger partial charge >= 0.3 is 17.9 Å². The summed E-state index contributed by atoms with van der Waals surface area (Å²) in [5.74, 6) is -4.87. The Labute approximate surface area is 253 Å². The van der Waals surface area contributed by atoms with Gasteiger partial charge in [0.1, 0.15) is 28.2 Å². The highest BCUT2D eigenvalue weighted by molar-refractivity contribution is 6.34. The van der Waals surface area contributed by atoms with E-state index in [4.69, 9.17) is 44.3 Å². The number of carbonyl (C=O) groups is 3. The molecule has 218 valence electrons. The molecule has 10 heteroatoms. The van der Waals surface area contributed by atoms with Gasteiger partial charge in [0.2, 0.25) is 0 Å². The van der Waals surface area contributed by atoms with Crippen LogP contribution < -0.4 is 4.74 Å². The van der Waals surface area contributed by atoms with Crippen molar-refractivity contribution in [2.24, 2.45) is 0 Å². The Kier molecular flexibility index (Phi) is 9.69. The Bertz CT molecular complexity index is 1540. The van der Waals surface area contributed by atoms with Gasteiger partial charge in [-0.3, -0.25) is 0 Å². The molecule has 0 fully saturated rings. The summed E-state index contributed by atoms with van der Waals surface area (Å²) in [5, 5.41) is 20.6. The molecule has 0 aliphatic heterocycles. The first-order chi connectivity index (χ1) is 18.9. The van der Waals surface area contributed by atoms with Crippen LogP contribution in [-0.2, 0) is 10.2 Å². The van der Waals surface area contributed by atoms with Crippen LogP contribution in [0.25, 0.3) is 0 Å². The molecule has 0 aliphatic rings. The maximum atomic E-state index is 13.4. The van der Waals surface area contributed by atoms with Crippen LogP contribution in [0.3, 0.4) is 0 Å². The number of halogens is 3. The highest BCUT2D eigenvalue weighted by Gasteiger charge is 2.29. The Morgan fingerprint density at radius 3 is 1.54 bits per heavy atom. The van der Waals surface area contributed by atoms with Crippen molar-refractivity contribution >= 4 is 52.7 Å². The van der Waals surface area contributed by atoms with Crippen LogP contribution in [0.15, 0.2) is 36.4 Å². The predicted molar refractivity (Wildman–Crippen MR) is 159 cm³/mol. The van der Waals surface area contributed by atoms with Crippen molar-refractivity contribution in [1.29, 1.82) is 0 Å². The molecular weight excluding hydrogens is 591 g/mol. The number of ether oxygens (including phenoxy) is 2. The van der Waals surface area contributed by atoms with Gasteiger partial charge in [0, 0.05) is 0 Å². The summed E-state index contributed by atoms with van der Waals surface area (Å²) in [5.41, 5.74) is 0.527. The summed E-state index contributed by atoms with van der Waals surface area (Å²) < 4.78 is 10.7. The molecule has 0 atom stereocenters. The van der Waals surface area contributed by atoms with E-state index in [2.05, 4.69) is 0 Å². The van der Waals surface area contributed by atoms with E-state index in [0.717, 1.165) is 0 Å². The van der Waals surface area contributed by atoms with E-state index < -0.39 is 34.8 Å². The van der Waals surface area contributed by atoms with Crippen molar-refractivity contribution in [1.82, 2.24) is 0 Å². The molecule has 0 unspecified atom stereocenters. The molecule has 0 aromatic heterocycles. The predicted octanol–water partition coefficient (Wildman–Crippen LogP) is 8.82. The summed E-state index contributed by atoms with van der Waals surface area (Å²) >= 11 is 18.7. The number of esters is 3. The first-order valence-electron chi connectivity index (χ1n) is 12.8. The summed E-state index contributed by atoms with van der Waals surface area (Å²) in [6.07, 6.45) is 0. The van der Waals surface area contributed by atoms with Crippen molar-refractivity contribution in [2.75, 3.05) is 0 Å². The fourth-order valence-electron chi connectivity index (χ4n) is 3.84. The standard InChI is InChI=1S/C31H31Cl3O7/c1-14(2)16-8-19(25(35)22(32)10-16)28(37)40-27-21(12-18(13-24(27)34)31(5,6)7)30(39)41-29(38)20-9-17(15(3)4)11-23(33)26(20)36/h8-15,35-36H,1-7H3. The van der Waals surface area contributed by atoms with Crippen LogP contribution in [0.4, 0.5) is 0 Å². The molecule has 0 radical (unpaired) electrons. The van der Waals surface area contributed by atoms with Gasteiger partial charge in [0.05, 0.1) is 15.1 Å². The number of hydrogen-bond donors (Lipinski definition) is 2. The van der Waals surface area contributed by atoms with E-state index in [1.807, 2.05) is 48.5 Å². The van der Waals surface area contributed by atoms with E-state index >= 15 is 0 Å². The third kappa shape index (κ3) is 7.15. The lowest BCUT2D eigenvalue weighted by Gasteiger charge is -2.22. The smallest absolute Gasteiger partial charge is 0.349 e. The summed E-state index contributed by atoms with van der Waals surface area (Å²) in [7, 11) is 0. The molecule has 0 amide bonds. The van der Waals surface area contributed by atoms with Gasteiger partial charge in [-0.2, -0.15) is 0 Å². The highest BCUT2D eigenvalue weighted by Crippen LogP contribution is 2.38. The van der Waals surface area contributed by atoms with Crippen molar-refractivity contribution in [3.63, 3.8) is 0 Å². The second-order valence-corrected chi connectivity index (χ2v) is 12.5. The maximum Gasteiger partial charge on any atom is 0.349 e. The third-order valence-electron chi connectivity index (χ3n) is 6.45. The normalized spacial score (nSPS) is 11.6. The lowest BCUT2D eigenvalue weighted by molar-refractivity contribution is 0.0394. The molecule has 0 aliphatic carbocycles. The first-order valence-corrected chi connectivity index (χ1v) is 13.9. The lowest BCUT2D eigenvalue weighted by atomic mass is 9.86. The van der Waals surface area contributed by atoms with Gasteiger partial charge in [0.15, 0.2) is 5.75 Å². The molecular formula is C31H31Cl3O7. The summed E-state index contributed by atoms with van der Waals surface area (Å²) in [4.78, 5) is 39.7.